The number of aromatic nitrogens is 2. The Morgan fingerprint density at radius 3 is 2.69 bits per heavy atom. The Labute approximate surface area is 173 Å². The first-order valence-electron chi connectivity index (χ1n) is 9.09. The molecule has 0 fully saturated rings. The molecule has 0 radical (unpaired) electrons. The number of benzene rings is 1. The Morgan fingerprint density at radius 2 is 2.03 bits per heavy atom. The maximum atomic E-state index is 12.4. The zero-order valence-electron chi connectivity index (χ0n) is 16.7. The Bertz CT molecular complexity index is 840. The predicted octanol–water partition coefficient (Wildman–Crippen LogP) is 1.65. The number of imidazole rings is 1. The number of nitrogens with zero attached hydrogens (tertiary/aromatic N) is 2. The Morgan fingerprint density at radius 1 is 1.24 bits per heavy atom. The minimum atomic E-state index is -0.267. The van der Waals surface area contributed by atoms with E-state index in [0.717, 1.165) is 6.42 Å². The third-order valence-electron chi connectivity index (χ3n) is 3.95. The number of rotatable bonds is 11. The molecule has 10 heteroatoms. The largest absolute Gasteiger partial charge is 0.497 e. The van der Waals surface area contributed by atoms with Crippen molar-refractivity contribution in [3.63, 3.8) is 0 Å². The average molecular weight is 423 g/mol. The zero-order valence-corrected chi connectivity index (χ0v) is 17.5. The van der Waals surface area contributed by atoms with Gasteiger partial charge in [0.1, 0.15) is 18.0 Å². The summed E-state index contributed by atoms with van der Waals surface area (Å²) in [5.41, 5.74) is 1.00. The van der Waals surface area contributed by atoms with Gasteiger partial charge in [-0.1, -0.05) is 18.7 Å². The molecule has 0 aliphatic carbocycles. The molecule has 0 saturated heterocycles. The highest BCUT2D eigenvalue weighted by Crippen LogP contribution is 2.29. The van der Waals surface area contributed by atoms with Gasteiger partial charge in [-0.3, -0.25) is 9.59 Å². The van der Waals surface area contributed by atoms with E-state index in [0.29, 0.717) is 34.6 Å². The summed E-state index contributed by atoms with van der Waals surface area (Å²) in [4.78, 5) is 28.7. The van der Waals surface area contributed by atoms with Crippen molar-refractivity contribution in [3.8, 4) is 11.5 Å². The molecular formula is C19H26N4O5S. The maximum absolute atomic E-state index is 12.4. The van der Waals surface area contributed by atoms with E-state index in [2.05, 4.69) is 15.6 Å². The number of aliphatic hydroxyl groups is 1. The van der Waals surface area contributed by atoms with Gasteiger partial charge in [0.25, 0.3) is 0 Å². The van der Waals surface area contributed by atoms with Crippen molar-refractivity contribution in [1.29, 1.82) is 0 Å². The van der Waals surface area contributed by atoms with E-state index in [1.165, 1.54) is 25.1 Å². The molecule has 3 N–H and O–H groups in total. The van der Waals surface area contributed by atoms with Gasteiger partial charge >= 0.3 is 0 Å². The Hall–Kier alpha value is -2.72. The van der Waals surface area contributed by atoms with E-state index in [-0.39, 0.29) is 30.7 Å². The van der Waals surface area contributed by atoms with Gasteiger partial charge in [-0.15, -0.1) is 0 Å². The lowest BCUT2D eigenvalue weighted by Crippen LogP contribution is -2.29. The lowest BCUT2D eigenvalue weighted by molar-refractivity contribution is -0.121. The molecule has 0 aliphatic rings. The number of anilines is 1. The Kier molecular flexibility index (Phi) is 8.81. The van der Waals surface area contributed by atoms with Crippen LogP contribution in [0.2, 0.25) is 0 Å². The first kappa shape index (κ1) is 22.6. The minimum Gasteiger partial charge on any atom is -0.497 e. The van der Waals surface area contributed by atoms with Gasteiger partial charge in [0.15, 0.2) is 5.16 Å². The molecule has 2 rings (SSSR count). The zero-order chi connectivity index (χ0) is 21.2. The number of thioether (sulfide) groups is 1. The van der Waals surface area contributed by atoms with Gasteiger partial charge in [0.2, 0.25) is 11.8 Å². The molecule has 9 nitrogen and oxygen atoms in total. The molecule has 158 valence electrons. The van der Waals surface area contributed by atoms with Gasteiger partial charge in [-0.25, -0.2) is 4.98 Å². The second kappa shape index (κ2) is 11.3. The van der Waals surface area contributed by atoms with Crippen LogP contribution in [0.15, 0.2) is 29.6 Å². The van der Waals surface area contributed by atoms with Crippen LogP contribution in [-0.4, -0.2) is 53.0 Å². The van der Waals surface area contributed by atoms with Crippen molar-refractivity contribution < 1.29 is 24.2 Å². The van der Waals surface area contributed by atoms with Crippen LogP contribution in [0.4, 0.5) is 5.69 Å². The summed E-state index contributed by atoms with van der Waals surface area (Å²) in [6.45, 7) is 2.33. The number of methoxy groups -OCH3 is 2. The van der Waals surface area contributed by atoms with Gasteiger partial charge in [0, 0.05) is 12.6 Å². The van der Waals surface area contributed by atoms with Crippen molar-refractivity contribution >= 4 is 29.3 Å². The van der Waals surface area contributed by atoms with Crippen LogP contribution in [0.5, 0.6) is 11.5 Å². The molecule has 0 aliphatic heterocycles. The highest BCUT2D eigenvalue weighted by molar-refractivity contribution is 7.99. The lowest BCUT2D eigenvalue weighted by Gasteiger charge is -2.12. The summed E-state index contributed by atoms with van der Waals surface area (Å²) >= 11 is 1.18. The minimum absolute atomic E-state index is 0.0313. The molecule has 1 aromatic carbocycles. The van der Waals surface area contributed by atoms with E-state index < -0.39 is 0 Å². The average Bonchev–Trinajstić information content (AvgIpc) is 3.12. The molecule has 0 bridgehead atoms. The topological polar surface area (TPSA) is 115 Å². The van der Waals surface area contributed by atoms with Gasteiger partial charge in [-0.05, 0) is 18.6 Å². The first-order chi connectivity index (χ1) is 14.0. The maximum Gasteiger partial charge on any atom is 0.240 e. The number of nitrogens with one attached hydrogen (secondary N) is 2. The summed E-state index contributed by atoms with van der Waals surface area (Å²) in [6, 6.07) is 5.11. The highest BCUT2D eigenvalue weighted by Gasteiger charge is 2.16. The summed E-state index contributed by atoms with van der Waals surface area (Å²) in [7, 11) is 3.06. The van der Waals surface area contributed by atoms with Crippen LogP contribution < -0.4 is 20.1 Å². The fourth-order valence-corrected chi connectivity index (χ4v) is 3.29. The van der Waals surface area contributed by atoms with Gasteiger partial charge in [-0.2, -0.15) is 0 Å². The number of aliphatic hydroxyl groups excluding tert-OH is 1. The third kappa shape index (κ3) is 6.40. The normalized spacial score (nSPS) is 10.5. The van der Waals surface area contributed by atoms with Crippen LogP contribution >= 0.6 is 11.8 Å². The van der Waals surface area contributed by atoms with E-state index in [9.17, 15) is 14.7 Å². The molecule has 2 amide bonds. The number of hydrogen-bond acceptors (Lipinski definition) is 7. The quantitative estimate of drug-likeness (QED) is 0.472. The van der Waals surface area contributed by atoms with Crippen molar-refractivity contribution in [2.45, 2.75) is 31.7 Å². The molecule has 0 atom stereocenters. The summed E-state index contributed by atoms with van der Waals surface area (Å²) in [5.74, 6) is 0.735. The molecule has 0 spiro atoms. The van der Waals surface area contributed by atoms with Crippen LogP contribution in [0.1, 0.15) is 19.0 Å². The lowest BCUT2D eigenvalue weighted by atomic mass is 10.2. The van der Waals surface area contributed by atoms with Crippen molar-refractivity contribution in [2.75, 3.05) is 31.8 Å². The number of carbonyl (C=O) groups is 2. The van der Waals surface area contributed by atoms with Crippen LogP contribution in [0.25, 0.3) is 0 Å². The van der Waals surface area contributed by atoms with E-state index in [1.54, 1.807) is 29.9 Å². The molecular weight excluding hydrogens is 396 g/mol. The molecule has 1 aromatic heterocycles. The van der Waals surface area contributed by atoms with Crippen LogP contribution in [-0.2, 0) is 22.7 Å². The number of carbonyl (C=O) groups excluding carboxylic acids is 2. The highest BCUT2D eigenvalue weighted by atomic mass is 32.2. The standard InChI is InChI=1S/C19H26N4O5S/c1-4-7-20-17(25)10-23-13(11-24)9-21-19(23)29-12-18(26)22-15-8-14(27-2)5-6-16(15)28-3/h5-6,8-9,24H,4,7,10-12H2,1-3H3,(H,20,25)(H,22,26). The second-order valence-corrected chi connectivity index (χ2v) is 6.97. The number of ether oxygens (including phenoxy) is 2. The smallest absolute Gasteiger partial charge is 0.240 e. The van der Waals surface area contributed by atoms with Gasteiger partial charge < -0.3 is 29.8 Å². The number of amides is 2. The molecule has 0 unspecified atom stereocenters. The fraction of sp³-hybridized carbons (Fsp3) is 0.421. The van der Waals surface area contributed by atoms with Crippen molar-refractivity contribution in [2.24, 2.45) is 0 Å². The summed E-state index contributed by atoms with van der Waals surface area (Å²) in [5, 5.41) is 15.5. The monoisotopic (exact) mass is 422 g/mol. The van der Waals surface area contributed by atoms with E-state index in [4.69, 9.17) is 9.47 Å². The van der Waals surface area contributed by atoms with Crippen LogP contribution in [0.3, 0.4) is 0 Å². The van der Waals surface area contributed by atoms with Crippen molar-refractivity contribution in [1.82, 2.24) is 14.9 Å². The Balaban J connectivity index is 2.03. The molecule has 1 heterocycles. The molecule has 29 heavy (non-hydrogen) atoms. The molecule has 0 saturated carbocycles. The van der Waals surface area contributed by atoms with Crippen molar-refractivity contribution in [3.05, 3.63) is 30.1 Å². The fourth-order valence-electron chi connectivity index (χ4n) is 2.49. The van der Waals surface area contributed by atoms with Gasteiger partial charge in [0.05, 0.1) is 44.2 Å². The predicted molar refractivity (Wildman–Crippen MR) is 110 cm³/mol. The second-order valence-electron chi connectivity index (χ2n) is 6.03. The van der Waals surface area contributed by atoms with Crippen LogP contribution in [0, 0.1) is 0 Å². The third-order valence-corrected chi connectivity index (χ3v) is 4.94. The molecule has 2 aromatic rings. The number of hydrogen-bond donors (Lipinski definition) is 3. The summed E-state index contributed by atoms with van der Waals surface area (Å²) < 4.78 is 12.0. The summed E-state index contributed by atoms with van der Waals surface area (Å²) in [6.07, 6.45) is 2.33. The van der Waals surface area contributed by atoms with E-state index >= 15 is 0 Å². The first-order valence-corrected chi connectivity index (χ1v) is 10.1. The SMILES string of the molecule is CCCNC(=O)Cn1c(CO)cnc1SCC(=O)Nc1cc(OC)ccc1OC. The van der Waals surface area contributed by atoms with E-state index in [1.807, 2.05) is 6.92 Å².